The van der Waals surface area contributed by atoms with Gasteiger partial charge in [-0.1, -0.05) is 11.6 Å². The molecule has 0 aliphatic heterocycles. The van der Waals surface area contributed by atoms with E-state index < -0.39 is 5.97 Å². The van der Waals surface area contributed by atoms with E-state index in [4.69, 9.17) is 16.7 Å². The number of carboxylic acids is 1. The fraction of sp³-hybridized carbons (Fsp3) is 0. The van der Waals surface area contributed by atoms with Crippen molar-refractivity contribution in [2.75, 3.05) is 5.32 Å². The predicted octanol–water partition coefficient (Wildman–Crippen LogP) is 2.45. The van der Waals surface area contributed by atoms with Crippen molar-refractivity contribution in [1.29, 1.82) is 0 Å². The Bertz CT molecular complexity index is 801. The number of benzene rings is 1. The van der Waals surface area contributed by atoms with Gasteiger partial charge in [-0.25, -0.2) is 9.78 Å². The Kier molecular flexibility index (Phi) is 2.96. The molecule has 0 aliphatic rings. The number of fused-ring (bicyclic) bond motifs is 1. The molecule has 7 nitrogen and oxygen atoms in total. The maximum atomic E-state index is 10.9. The summed E-state index contributed by atoms with van der Waals surface area (Å²) in [7, 11) is 0. The highest BCUT2D eigenvalue weighted by atomic mass is 35.5. The van der Waals surface area contributed by atoms with Crippen LogP contribution in [0.2, 0.25) is 5.02 Å². The van der Waals surface area contributed by atoms with Gasteiger partial charge in [-0.2, -0.15) is 5.21 Å². The van der Waals surface area contributed by atoms with Crippen molar-refractivity contribution < 1.29 is 9.90 Å². The summed E-state index contributed by atoms with van der Waals surface area (Å²) in [6.45, 7) is 0. The van der Waals surface area contributed by atoms with Gasteiger partial charge >= 0.3 is 5.97 Å². The standard InChI is InChI=1S/C12H8ClN5O2/c13-7-2-3-8-6(5-7)1-4-9(14-8)15-11-10(12(19)20)16-18-17-11/h1-5H,(H,19,20)(H2,14,15,16,17,18). The van der Waals surface area contributed by atoms with Gasteiger partial charge in [0.05, 0.1) is 5.52 Å². The molecule has 3 aromatic rings. The van der Waals surface area contributed by atoms with Crippen LogP contribution in [-0.2, 0) is 0 Å². The number of hydrogen-bond acceptors (Lipinski definition) is 5. The van der Waals surface area contributed by atoms with Crippen LogP contribution in [-0.4, -0.2) is 31.5 Å². The number of carboxylic acid groups (broad SMARTS) is 1. The number of pyridine rings is 1. The van der Waals surface area contributed by atoms with Crippen molar-refractivity contribution in [3.05, 3.63) is 41.0 Å². The number of rotatable bonds is 3. The molecule has 0 saturated heterocycles. The van der Waals surface area contributed by atoms with Crippen LogP contribution in [0.3, 0.4) is 0 Å². The van der Waals surface area contributed by atoms with Gasteiger partial charge < -0.3 is 10.4 Å². The van der Waals surface area contributed by atoms with E-state index in [-0.39, 0.29) is 11.5 Å². The van der Waals surface area contributed by atoms with Gasteiger partial charge in [-0.15, -0.1) is 10.2 Å². The van der Waals surface area contributed by atoms with Crippen molar-refractivity contribution in [2.45, 2.75) is 0 Å². The van der Waals surface area contributed by atoms with Crippen LogP contribution >= 0.6 is 11.6 Å². The number of aromatic amines is 1. The Labute approximate surface area is 117 Å². The number of aromatic carboxylic acids is 1. The lowest BCUT2D eigenvalue weighted by molar-refractivity contribution is 0.0691. The van der Waals surface area contributed by atoms with E-state index >= 15 is 0 Å². The molecule has 0 atom stereocenters. The number of carbonyl (C=O) groups is 1. The fourth-order valence-electron chi connectivity index (χ4n) is 1.75. The van der Waals surface area contributed by atoms with Crippen LogP contribution < -0.4 is 5.32 Å². The number of aromatic nitrogens is 4. The van der Waals surface area contributed by atoms with E-state index in [1.54, 1.807) is 24.3 Å². The minimum Gasteiger partial charge on any atom is -0.476 e. The molecule has 0 saturated carbocycles. The summed E-state index contributed by atoms with van der Waals surface area (Å²) in [5, 5.41) is 22.8. The average molecular weight is 290 g/mol. The predicted molar refractivity (Wildman–Crippen MR) is 73.4 cm³/mol. The third kappa shape index (κ3) is 2.26. The summed E-state index contributed by atoms with van der Waals surface area (Å²) in [6.07, 6.45) is 0. The zero-order valence-corrected chi connectivity index (χ0v) is 10.7. The molecule has 100 valence electrons. The summed E-state index contributed by atoms with van der Waals surface area (Å²) >= 11 is 5.90. The van der Waals surface area contributed by atoms with Gasteiger partial charge in [0.1, 0.15) is 5.82 Å². The summed E-state index contributed by atoms with van der Waals surface area (Å²) in [6, 6.07) is 8.85. The highest BCUT2D eigenvalue weighted by molar-refractivity contribution is 6.31. The van der Waals surface area contributed by atoms with E-state index in [9.17, 15) is 4.79 Å². The molecule has 0 unspecified atom stereocenters. The van der Waals surface area contributed by atoms with Gasteiger partial charge in [0.25, 0.3) is 0 Å². The van der Waals surface area contributed by atoms with Crippen LogP contribution in [0, 0.1) is 0 Å². The SMILES string of the molecule is O=C(O)c1n[nH]nc1Nc1ccc2cc(Cl)ccc2n1. The highest BCUT2D eigenvalue weighted by Crippen LogP contribution is 2.21. The van der Waals surface area contributed by atoms with Gasteiger partial charge in [0.2, 0.25) is 5.69 Å². The molecule has 8 heteroatoms. The first-order valence-electron chi connectivity index (χ1n) is 5.61. The molecule has 2 aromatic heterocycles. The number of halogens is 1. The topological polar surface area (TPSA) is 104 Å². The lowest BCUT2D eigenvalue weighted by Crippen LogP contribution is -2.03. The lowest BCUT2D eigenvalue weighted by atomic mass is 10.2. The van der Waals surface area contributed by atoms with Crippen LogP contribution in [0.1, 0.15) is 10.5 Å². The first-order chi connectivity index (χ1) is 9.63. The second-order valence-corrected chi connectivity index (χ2v) is 4.42. The minimum atomic E-state index is -1.17. The Balaban J connectivity index is 1.96. The smallest absolute Gasteiger partial charge is 0.360 e. The normalized spacial score (nSPS) is 10.7. The molecule has 1 aromatic carbocycles. The minimum absolute atomic E-state index is 0.110. The average Bonchev–Trinajstić information content (AvgIpc) is 2.87. The van der Waals surface area contributed by atoms with Gasteiger partial charge in [0.15, 0.2) is 5.82 Å². The van der Waals surface area contributed by atoms with Crippen molar-refractivity contribution in [3.63, 3.8) is 0 Å². The molecule has 0 fully saturated rings. The molecular weight excluding hydrogens is 282 g/mol. The number of H-pyrrole nitrogens is 1. The number of anilines is 2. The van der Waals surface area contributed by atoms with E-state index in [1.165, 1.54) is 0 Å². The van der Waals surface area contributed by atoms with Crippen molar-refractivity contribution >= 4 is 40.1 Å². The fourth-order valence-corrected chi connectivity index (χ4v) is 1.94. The summed E-state index contributed by atoms with van der Waals surface area (Å²) in [5.74, 6) is -0.594. The van der Waals surface area contributed by atoms with Gasteiger partial charge in [0, 0.05) is 10.4 Å². The third-order valence-electron chi connectivity index (χ3n) is 2.65. The molecule has 0 amide bonds. The summed E-state index contributed by atoms with van der Waals surface area (Å²) in [5.41, 5.74) is 0.544. The maximum absolute atomic E-state index is 10.9. The van der Waals surface area contributed by atoms with Crippen molar-refractivity contribution in [3.8, 4) is 0 Å². The largest absolute Gasteiger partial charge is 0.476 e. The Morgan fingerprint density at radius 3 is 2.90 bits per heavy atom. The zero-order valence-electron chi connectivity index (χ0n) is 9.96. The third-order valence-corrected chi connectivity index (χ3v) is 2.88. The molecule has 3 N–H and O–H groups in total. The van der Waals surface area contributed by atoms with Gasteiger partial charge in [-0.3, -0.25) is 0 Å². The van der Waals surface area contributed by atoms with E-state index in [2.05, 4.69) is 25.7 Å². The lowest BCUT2D eigenvalue weighted by Gasteiger charge is -2.04. The molecule has 0 spiro atoms. The number of nitrogens with zero attached hydrogens (tertiary/aromatic N) is 3. The number of nitrogens with one attached hydrogen (secondary N) is 2. The van der Waals surface area contributed by atoms with Crippen LogP contribution in [0.15, 0.2) is 30.3 Å². The van der Waals surface area contributed by atoms with Crippen molar-refractivity contribution in [2.24, 2.45) is 0 Å². The van der Waals surface area contributed by atoms with E-state index in [1.807, 2.05) is 6.07 Å². The van der Waals surface area contributed by atoms with Crippen molar-refractivity contribution in [1.82, 2.24) is 20.4 Å². The zero-order chi connectivity index (χ0) is 14.1. The van der Waals surface area contributed by atoms with Crippen LogP contribution in [0.4, 0.5) is 11.6 Å². The van der Waals surface area contributed by atoms with Crippen LogP contribution in [0.5, 0.6) is 0 Å². The molecule has 0 radical (unpaired) electrons. The molecule has 20 heavy (non-hydrogen) atoms. The molecule has 0 aliphatic carbocycles. The van der Waals surface area contributed by atoms with Gasteiger partial charge in [-0.05, 0) is 30.3 Å². The molecule has 0 bridgehead atoms. The van der Waals surface area contributed by atoms with Crippen LogP contribution in [0.25, 0.3) is 10.9 Å². The first kappa shape index (κ1) is 12.4. The molecule has 2 heterocycles. The molecule has 3 rings (SSSR count). The maximum Gasteiger partial charge on any atom is 0.360 e. The monoisotopic (exact) mass is 289 g/mol. The van der Waals surface area contributed by atoms with E-state index in [0.29, 0.717) is 10.8 Å². The second-order valence-electron chi connectivity index (χ2n) is 3.98. The quantitative estimate of drug-likeness (QED) is 0.684. The molecular formula is C12H8ClN5O2. The Morgan fingerprint density at radius 1 is 1.25 bits per heavy atom. The number of hydrogen-bond donors (Lipinski definition) is 3. The second kappa shape index (κ2) is 4.78. The summed E-state index contributed by atoms with van der Waals surface area (Å²) in [4.78, 5) is 15.3. The first-order valence-corrected chi connectivity index (χ1v) is 5.99. The Hall–Kier alpha value is -2.67. The van der Waals surface area contributed by atoms with E-state index in [0.717, 1.165) is 10.9 Å². The Morgan fingerprint density at radius 2 is 2.10 bits per heavy atom. The summed E-state index contributed by atoms with van der Waals surface area (Å²) < 4.78 is 0. The highest BCUT2D eigenvalue weighted by Gasteiger charge is 2.15.